The fourth-order valence-electron chi connectivity index (χ4n) is 1.54. The van der Waals surface area contributed by atoms with Gasteiger partial charge in [0.25, 0.3) is 5.91 Å². The molecule has 0 bridgehead atoms. The first-order chi connectivity index (χ1) is 9.88. The first kappa shape index (κ1) is 14.8. The molecule has 10 heteroatoms. The average molecular weight is 315 g/mol. The van der Waals surface area contributed by atoms with Crippen LogP contribution < -0.4 is 10.2 Å². The molecule has 0 atom stereocenters. The molecule has 21 heavy (non-hydrogen) atoms. The van der Waals surface area contributed by atoms with Crippen molar-refractivity contribution >= 4 is 22.9 Å². The molecule has 1 aromatic heterocycles. The smallest absolute Gasteiger partial charge is 0.308 e. The minimum Gasteiger partial charge on any atom is -0.346 e. The number of nitrogens with zero attached hydrogens (tertiary/aromatic N) is 1. The van der Waals surface area contributed by atoms with E-state index in [9.17, 15) is 28.5 Å². The van der Waals surface area contributed by atoms with Crippen molar-refractivity contribution in [3.8, 4) is 0 Å². The Balaban J connectivity index is 2.22. The van der Waals surface area contributed by atoms with Gasteiger partial charge in [0.1, 0.15) is 5.82 Å². The van der Waals surface area contributed by atoms with E-state index in [0.29, 0.717) is 17.8 Å². The van der Waals surface area contributed by atoms with Crippen LogP contribution in [0.1, 0.15) is 16.1 Å². The minimum absolute atomic E-state index is 0.124. The maximum Gasteiger partial charge on any atom is 0.308 e. The number of aromatic amines is 1. The molecule has 2 N–H and O–H groups in total. The van der Waals surface area contributed by atoms with Gasteiger partial charge >= 0.3 is 10.6 Å². The van der Waals surface area contributed by atoms with E-state index in [0.717, 1.165) is 11.3 Å². The summed E-state index contributed by atoms with van der Waals surface area (Å²) in [6.45, 7) is -0.124. The van der Waals surface area contributed by atoms with Crippen LogP contribution in [0.2, 0.25) is 0 Å². The van der Waals surface area contributed by atoms with Crippen molar-refractivity contribution in [1.29, 1.82) is 0 Å². The van der Waals surface area contributed by atoms with E-state index in [2.05, 4.69) is 10.3 Å². The molecule has 2 aromatic rings. The summed E-state index contributed by atoms with van der Waals surface area (Å²) >= 11 is 0.878. The number of hydrogen-bond donors (Lipinski definition) is 2. The number of nitro benzene ring substituents is 1. The Bertz CT molecular complexity index is 771. The zero-order valence-corrected chi connectivity index (χ0v) is 11.0. The Hall–Kier alpha value is -2.62. The maximum absolute atomic E-state index is 13.8. The van der Waals surface area contributed by atoms with Crippen LogP contribution >= 0.6 is 11.3 Å². The van der Waals surface area contributed by atoms with Crippen molar-refractivity contribution in [3.05, 3.63) is 60.2 Å². The van der Waals surface area contributed by atoms with Gasteiger partial charge in [-0.15, -0.1) is 0 Å². The van der Waals surface area contributed by atoms with Gasteiger partial charge in [0.15, 0.2) is 0 Å². The van der Waals surface area contributed by atoms with Gasteiger partial charge in [-0.2, -0.15) is 4.39 Å². The highest BCUT2D eigenvalue weighted by Crippen LogP contribution is 2.22. The highest BCUT2D eigenvalue weighted by molar-refractivity contribution is 7.07. The lowest BCUT2D eigenvalue weighted by atomic mass is 10.1. The summed E-state index contributed by atoms with van der Waals surface area (Å²) in [6, 6.07) is 0.955. The zero-order chi connectivity index (χ0) is 15.6. The number of nitrogens with one attached hydrogen (secondary N) is 2. The van der Waals surface area contributed by atoms with Crippen molar-refractivity contribution in [3.63, 3.8) is 0 Å². The Morgan fingerprint density at radius 1 is 1.43 bits per heavy atom. The first-order valence-electron chi connectivity index (χ1n) is 5.47. The Morgan fingerprint density at radius 3 is 2.71 bits per heavy atom. The van der Waals surface area contributed by atoms with Crippen LogP contribution in [0.25, 0.3) is 0 Å². The summed E-state index contributed by atoms with van der Waals surface area (Å²) in [6.07, 6.45) is 0. The largest absolute Gasteiger partial charge is 0.346 e. The fourth-order valence-corrected chi connectivity index (χ4v) is 2.13. The summed E-state index contributed by atoms with van der Waals surface area (Å²) in [7, 11) is 0. The molecule has 0 radical (unpaired) electrons. The van der Waals surface area contributed by atoms with Gasteiger partial charge in [-0.3, -0.25) is 19.7 Å². The Kier molecular flexibility index (Phi) is 4.08. The molecule has 1 amide bonds. The quantitative estimate of drug-likeness (QED) is 0.659. The summed E-state index contributed by atoms with van der Waals surface area (Å²) < 4.78 is 27.0. The van der Waals surface area contributed by atoms with Gasteiger partial charge in [-0.05, 0) is 6.07 Å². The molecule has 0 fully saturated rings. The molecule has 110 valence electrons. The molecular formula is C11H7F2N3O4S. The second-order valence-corrected chi connectivity index (χ2v) is 4.74. The highest BCUT2D eigenvalue weighted by atomic mass is 32.1. The van der Waals surface area contributed by atoms with Gasteiger partial charge in [-0.25, -0.2) is 4.39 Å². The number of amides is 1. The average Bonchev–Trinajstić information content (AvgIpc) is 2.83. The number of halogens is 2. The van der Waals surface area contributed by atoms with Gasteiger partial charge in [-0.1, -0.05) is 11.3 Å². The number of H-pyrrole nitrogens is 1. The lowest BCUT2D eigenvalue weighted by Gasteiger charge is -2.05. The summed E-state index contributed by atoms with van der Waals surface area (Å²) in [4.78, 5) is 34.2. The summed E-state index contributed by atoms with van der Waals surface area (Å²) in [5.41, 5.74) is -1.52. The molecular weight excluding hydrogens is 308 g/mol. The SMILES string of the molecule is O=C(NCc1csc(=O)[nH]1)c1cc(F)cc([N+](=O)[O-])c1F. The number of rotatable bonds is 4. The Morgan fingerprint density at radius 2 is 2.14 bits per heavy atom. The van der Waals surface area contributed by atoms with Crippen LogP contribution in [0.4, 0.5) is 14.5 Å². The third-order valence-corrected chi connectivity index (χ3v) is 3.19. The molecule has 0 aliphatic rings. The third kappa shape index (κ3) is 3.28. The van der Waals surface area contributed by atoms with E-state index < -0.39 is 33.7 Å². The number of thiazole rings is 1. The fraction of sp³-hybridized carbons (Fsp3) is 0.0909. The molecule has 7 nitrogen and oxygen atoms in total. The van der Waals surface area contributed by atoms with Crippen LogP contribution in [0.15, 0.2) is 22.3 Å². The predicted molar refractivity (Wildman–Crippen MR) is 69.1 cm³/mol. The van der Waals surface area contributed by atoms with Crippen LogP contribution in [-0.2, 0) is 6.54 Å². The van der Waals surface area contributed by atoms with E-state index in [1.54, 1.807) is 0 Å². The van der Waals surface area contributed by atoms with Gasteiger partial charge in [0.05, 0.1) is 23.1 Å². The normalized spacial score (nSPS) is 10.4. The zero-order valence-electron chi connectivity index (χ0n) is 10.2. The molecule has 1 heterocycles. The maximum atomic E-state index is 13.8. The second-order valence-electron chi connectivity index (χ2n) is 3.90. The molecule has 0 aliphatic heterocycles. The molecule has 0 aliphatic carbocycles. The predicted octanol–water partition coefficient (Wildman–Crippen LogP) is 1.55. The molecule has 0 saturated heterocycles. The molecule has 1 aromatic carbocycles. The highest BCUT2D eigenvalue weighted by Gasteiger charge is 2.24. The number of carbonyl (C=O) groups is 1. The standard InChI is InChI=1S/C11H7F2N3O4S/c12-5-1-7(9(13)8(2-5)16(19)20)10(17)14-3-6-4-21-11(18)15-6/h1-2,4H,3H2,(H,14,17)(H,15,18). The number of nitro groups is 1. The Labute approximate surface area is 119 Å². The topological polar surface area (TPSA) is 105 Å². The van der Waals surface area contributed by atoms with Crippen molar-refractivity contribution in [2.75, 3.05) is 0 Å². The van der Waals surface area contributed by atoms with Gasteiger partial charge < -0.3 is 10.3 Å². The number of carbonyl (C=O) groups excluding carboxylic acids is 1. The van der Waals surface area contributed by atoms with Crippen molar-refractivity contribution in [2.45, 2.75) is 6.54 Å². The lowest BCUT2D eigenvalue weighted by molar-refractivity contribution is -0.387. The van der Waals surface area contributed by atoms with Crippen LogP contribution in [0, 0.1) is 21.7 Å². The van der Waals surface area contributed by atoms with Crippen molar-refractivity contribution < 1.29 is 18.5 Å². The number of benzene rings is 1. The van der Waals surface area contributed by atoms with Gasteiger partial charge in [0, 0.05) is 11.1 Å². The molecule has 2 rings (SSSR count). The van der Waals surface area contributed by atoms with Crippen LogP contribution in [0.5, 0.6) is 0 Å². The van der Waals surface area contributed by atoms with E-state index in [-0.39, 0.29) is 11.4 Å². The van der Waals surface area contributed by atoms with Crippen LogP contribution in [0.3, 0.4) is 0 Å². The molecule has 0 saturated carbocycles. The monoisotopic (exact) mass is 315 g/mol. The van der Waals surface area contributed by atoms with E-state index in [1.165, 1.54) is 5.38 Å². The number of hydrogen-bond acceptors (Lipinski definition) is 5. The third-order valence-electron chi connectivity index (χ3n) is 2.47. The number of aromatic nitrogens is 1. The first-order valence-corrected chi connectivity index (χ1v) is 6.34. The van der Waals surface area contributed by atoms with Crippen molar-refractivity contribution in [1.82, 2.24) is 10.3 Å². The summed E-state index contributed by atoms with van der Waals surface area (Å²) in [5.74, 6) is -3.54. The van der Waals surface area contributed by atoms with E-state index in [1.807, 2.05) is 0 Å². The minimum atomic E-state index is -1.42. The lowest BCUT2D eigenvalue weighted by Crippen LogP contribution is -2.24. The molecule has 0 unspecified atom stereocenters. The van der Waals surface area contributed by atoms with Crippen molar-refractivity contribution in [2.24, 2.45) is 0 Å². The van der Waals surface area contributed by atoms with Crippen LogP contribution in [-0.4, -0.2) is 15.8 Å². The molecule has 0 spiro atoms. The van der Waals surface area contributed by atoms with E-state index >= 15 is 0 Å². The second kappa shape index (κ2) is 5.79. The van der Waals surface area contributed by atoms with Gasteiger partial charge in [0.2, 0.25) is 5.82 Å². The summed E-state index contributed by atoms with van der Waals surface area (Å²) in [5, 5.41) is 14.2. The van der Waals surface area contributed by atoms with E-state index in [4.69, 9.17) is 0 Å².